The minimum atomic E-state index is 0.0276. The van der Waals surface area contributed by atoms with Crippen molar-refractivity contribution in [1.82, 2.24) is 4.90 Å². The number of amides is 1. The van der Waals surface area contributed by atoms with Crippen LogP contribution in [0.25, 0.3) is 18.2 Å². The van der Waals surface area contributed by atoms with Crippen LogP contribution in [0.1, 0.15) is 56.2 Å². The van der Waals surface area contributed by atoms with E-state index in [0.717, 1.165) is 61.2 Å². The lowest BCUT2D eigenvalue weighted by Crippen LogP contribution is -2.31. The largest absolute Gasteiger partial charge is 0.497 e. The maximum atomic E-state index is 12.9. The fraction of sp³-hybridized carbons (Fsp3) is 0.393. The van der Waals surface area contributed by atoms with Gasteiger partial charge in [-0.05, 0) is 48.2 Å². The standard InChI is InChI=1S/C28H37NO4/c1-6-8-18-29(19-9-7-2)28(30)17-16-26-23(20-25(32-4)21-27(26)33-5)13-10-22-11-14-24(31-3)15-12-22/h10-17,20-21H,6-9,18-19H2,1-5H3/b13-10+,17-16+. The van der Waals surface area contributed by atoms with Crippen molar-refractivity contribution >= 4 is 24.1 Å². The summed E-state index contributed by atoms with van der Waals surface area (Å²) in [4.78, 5) is 14.9. The molecule has 0 aliphatic heterocycles. The van der Waals surface area contributed by atoms with Crippen LogP contribution >= 0.6 is 0 Å². The highest BCUT2D eigenvalue weighted by molar-refractivity contribution is 5.93. The van der Waals surface area contributed by atoms with Crippen LogP contribution in [0.15, 0.2) is 42.5 Å². The fourth-order valence-electron chi connectivity index (χ4n) is 3.42. The summed E-state index contributed by atoms with van der Waals surface area (Å²) in [6.07, 6.45) is 11.7. The van der Waals surface area contributed by atoms with E-state index in [1.807, 2.05) is 59.5 Å². The Kier molecular flexibility index (Phi) is 11.1. The van der Waals surface area contributed by atoms with Gasteiger partial charge >= 0.3 is 0 Å². The first-order valence-electron chi connectivity index (χ1n) is 11.6. The first-order chi connectivity index (χ1) is 16.1. The second kappa shape index (κ2) is 14.0. The molecule has 0 saturated heterocycles. The van der Waals surface area contributed by atoms with Gasteiger partial charge < -0.3 is 19.1 Å². The van der Waals surface area contributed by atoms with E-state index in [4.69, 9.17) is 14.2 Å². The number of carbonyl (C=O) groups is 1. The molecule has 5 nitrogen and oxygen atoms in total. The van der Waals surface area contributed by atoms with Gasteiger partial charge in [-0.25, -0.2) is 0 Å². The molecule has 2 rings (SSSR count). The molecule has 178 valence electrons. The van der Waals surface area contributed by atoms with E-state index in [0.29, 0.717) is 11.5 Å². The Morgan fingerprint density at radius 3 is 2.00 bits per heavy atom. The molecular formula is C28H37NO4. The van der Waals surface area contributed by atoms with E-state index in [9.17, 15) is 4.79 Å². The third-order valence-electron chi connectivity index (χ3n) is 5.44. The van der Waals surface area contributed by atoms with Gasteiger partial charge in [0.1, 0.15) is 17.2 Å². The number of ether oxygens (including phenoxy) is 3. The summed E-state index contributed by atoms with van der Waals surface area (Å²) in [7, 11) is 4.91. The van der Waals surface area contributed by atoms with Crippen LogP contribution in [0, 0.1) is 0 Å². The molecular weight excluding hydrogens is 414 g/mol. The molecule has 0 unspecified atom stereocenters. The van der Waals surface area contributed by atoms with Gasteiger partial charge in [-0.15, -0.1) is 0 Å². The molecule has 0 N–H and O–H groups in total. The average Bonchev–Trinajstić information content (AvgIpc) is 2.86. The average molecular weight is 452 g/mol. The molecule has 5 heteroatoms. The molecule has 0 bridgehead atoms. The lowest BCUT2D eigenvalue weighted by Gasteiger charge is -2.21. The van der Waals surface area contributed by atoms with E-state index in [-0.39, 0.29) is 5.91 Å². The van der Waals surface area contributed by atoms with Crippen molar-refractivity contribution in [1.29, 1.82) is 0 Å². The molecule has 0 radical (unpaired) electrons. The number of benzene rings is 2. The van der Waals surface area contributed by atoms with Crippen LogP contribution in [0.4, 0.5) is 0 Å². The maximum absolute atomic E-state index is 12.9. The molecule has 0 fully saturated rings. The Labute approximate surface area is 198 Å². The fourth-order valence-corrected chi connectivity index (χ4v) is 3.42. The Balaban J connectivity index is 2.36. The Morgan fingerprint density at radius 2 is 1.45 bits per heavy atom. The third kappa shape index (κ3) is 8.01. The van der Waals surface area contributed by atoms with Gasteiger partial charge in [-0.2, -0.15) is 0 Å². The Morgan fingerprint density at radius 1 is 0.818 bits per heavy atom. The first-order valence-corrected chi connectivity index (χ1v) is 11.6. The van der Waals surface area contributed by atoms with Gasteiger partial charge in [0.2, 0.25) is 5.91 Å². The molecule has 2 aromatic rings. The van der Waals surface area contributed by atoms with Crippen molar-refractivity contribution in [2.45, 2.75) is 39.5 Å². The lowest BCUT2D eigenvalue weighted by molar-refractivity contribution is -0.126. The van der Waals surface area contributed by atoms with E-state index < -0.39 is 0 Å². The normalized spacial score (nSPS) is 11.2. The number of rotatable bonds is 13. The molecule has 0 saturated carbocycles. The van der Waals surface area contributed by atoms with E-state index in [1.165, 1.54) is 0 Å². The van der Waals surface area contributed by atoms with Crippen LogP contribution in [0.3, 0.4) is 0 Å². The van der Waals surface area contributed by atoms with Gasteiger partial charge in [0.05, 0.1) is 21.3 Å². The molecule has 0 heterocycles. The van der Waals surface area contributed by atoms with Gasteiger partial charge in [-0.1, -0.05) is 51.0 Å². The van der Waals surface area contributed by atoms with Gasteiger partial charge in [0.25, 0.3) is 0 Å². The number of carbonyl (C=O) groups excluding carboxylic acids is 1. The zero-order valence-corrected chi connectivity index (χ0v) is 20.6. The van der Waals surface area contributed by atoms with Crippen molar-refractivity contribution in [3.8, 4) is 17.2 Å². The van der Waals surface area contributed by atoms with Crippen molar-refractivity contribution in [3.63, 3.8) is 0 Å². The summed E-state index contributed by atoms with van der Waals surface area (Å²) in [5.41, 5.74) is 2.77. The summed E-state index contributed by atoms with van der Waals surface area (Å²) >= 11 is 0. The summed E-state index contributed by atoms with van der Waals surface area (Å²) in [6, 6.07) is 11.6. The molecule has 0 atom stereocenters. The summed E-state index contributed by atoms with van der Waals surface area (Å²) in [5.74, 6) is 2.19. The smallest absolute Gasteiger partial charge is 0.246 e. The lowest BCUT2D eigenvalue weighted by atomic mass is 10.0. The van der Waals surface area contributed by atoms with Crippen molar-refractivity contribution in [2.24, 2.45) is 0 Å². The molecule has 0 aliphatic carbocycles. The van der Waals surface area contributed by atoms with Crippen molar-refractivity contribution < 1.29 is 19.0 Å². The van der Waals surface area contributed by atoms with E-state index in [2.05, 4.69) is 13.8 Å². The highest BCUT2D eigenvalue weighted by Gasteiger charge is 2.12. The van der Waals surface area contributed by atoms with Crippen LogP contribution in [0.5, 0.6) is 17.2 Å². The molecule has 33 heavy (non-hydrogen) atoms. The van der Waals surface area contributed by atoms with E-state index >= 15 is 0 Å². The number of hydrogen-bond acceptors (Lipinski definition) is 4. The summed E-state index contributed by atoms with van der Waals surface area (Å²) < 4.78 is 16.3. The molecule has 1 amide bonds. The second-order valence-electron chi connectivity index (χ2n) is 7.80. The summed E-state index contributed by atoms with van der Waals surface area (Å²) in [5, 5.41) is 0. The zero-order valence-electron chi connectivity index (χ0n) is 20.6. The highest BCUT2D eigenvalue weighted by Crippen LogP contribution is 2.31. The topological polar surface area (TPSA) is 48.0 Å². The molecule has 0 aromatic heterocycles. The minimum absolute atomic E-state index is 0.0276. The molecule has 2 aromatic carbocycles. The number of unbranched alkanes of at least 4 members (excludes halogenated alkanes) is 2. The van der Waals surface area contributed by atoms with Crippen LogP contribution < -0.4 is 14.2 Å². The Hall–Kier alpha value is -3.21. The van der Waals surface area contributed by atoms with Crippen molar-refractivity contribution in [2.75, 3.05) is 34.4 Å². The zero-order chi connectivity index (χ0) is 24.1. The number of methoxy groups -OCH3 is 3. The predicted octanol–water partition coefficient (Wildman–Crippen LogP) is 6.32. The van der Waals surface area contributed by atoms with Crippen molar-refractivity contribution in [3.05, 3.63) is 59.2 Å². The number of nitrogens with zero attached hydrogens (tertiary/aromatic N) is 1. The maximum Gasteiger partial charge on any atom is 0.246 e. The highest BCUT2D eigenvalue weighted by atomic mass is 16.5. The van der Waals surface area contributed by atoms with Gasteiger partial charge in [0, 0.05) is 30.8 Å². The monoisotopic (exact) mass is 451 g/mol. The third-order valence-corrected chi connectivity index (χ3v) is 5.44. The Bertz CT molecular complexity index is 924. The second-order valence-corrected chi connectivity index (χ2v) is 7.80. The summed E-state index contributed by atoms with van der Waals surface area (Å²) in [6.45, 7) is 5.84. The number of hydrogen-bond donors (Lipinski definition) is 0. The molecule has 0 spiro atoms. The van der Waals surface area contributed by atoms with Gasteiger partial charge in [-0.3, -0.25) is 4.79 Å². The first kappa shape index (κ1) is 26.0. The SMILES string of the molecule is CCCCN(CCCC)C(=O)/C=C/c1c(/C=C/c2ccc(OC)cc2)cc(OC)cc1OC. The minimum Gasteiger partial charge on any atom is -0.497 e. The van der Waals surface area contributed by atoms with E-state index in [1.54, 1.807) is 27.4 Å². The van der Waals surface area contributed by atoms with Crippen LogP contribution in [0.2, 0.25) is 0 Å². The van der Waals surface area contributed by atoms with Gasteiger partial charge in [0.15, 0.2) is 0 Å². The molecule has 0 aliphatic rings. The van der Waals surface area contributed by atoms with Crippen LogP contribution in [-0.4, -0.2) is 45.2 Å². The quantitative estimate of drug-likeness (QED) is 0.264. The van der Waals surface area contributed by atoms with Crippen LogP contribution in [-0.2, 0) is 4.79 Å². The predicted molar refractivity (Wildman–Crippen MR) is 137 cm³/mol.